The van der Waals surface area contributed by atoms with Crippen molar-refractivity contribution in [1.82, 2.24) is 10.3 Å². The largest absolute Gasteiger partial charge is 0.481 e. The van der Waals surface area contributed by atoms with Gasteiger partial charge >= 0.3 is 5.97 Å². The maximum atomic E-state index is 12.0. The van der Waals surface area contributed by atoms with Crippen LogP contribution in [0.5, 0.6) is 0 Å². The number of aromatic nitrogens is 1. The summed E-state index contributed by atoms with van der Waals surface area (Å²) < 4.78 is 0. The highest BCUT2D eigenvalue weighted by molar-refractivity contribution is 5.95. The maximum Gasteiger partial charge on any atom is 0.308 e. The summed E-state index contributed by atoms with van der Waals surface area (Å²) in [5, 5.41) is 11.5. The van der Waals surface area contributed by atoms with Crippen LogP contribution in [0.1, 0.15) is 41.4 Å². The molecule has 1 aromatic rings. The van der Waals surface area contributed by atoms with Crippen LogP contribution in [-0.4, -0.2) is 28.5 Å². The van der Waals surface area contributed by atoms with Crippen molar-refractivity contribution in [3.63, 3.8) is 0 Å². The van der Waals surface area contributed by atoms with Gasteiger partial charge in [-0.15, -0.1) is 0 Å². The molecule has 110 valence electrons. The smallest absolute Gasteiger partial charge is 0.308 e. The predicted molar refractivity (Wildman–Crippen MR) is 74.9 cm³/mol. The number of hydrogen-bond acceptors (Lipinski definition) is 3. The minimum absolute atomic E-state index is 0.0226. The van der Waals surface area contributed by atoms with Crippen molar-refractivity contribution >= 4 is 11.9 Å². The Hall–Kier alpha value is -2.11. The Morgan fingerprint density at radius 1 is 1.40 bits per heavy atom. The molecule has 1 rings (SSSR count). The van der Waals surface area contributed by atoms with Gasteiger partial charge in [0.15, 0.2) is 0 Å². The summed E-state index contributed by atoms with van der Waals surface area (Å²) in [5.74, 6) is -2.11. The van der Waals surface area contributed by atoms with E-state index in [-0.39, 0.29) is 12.1 Å². The van der Waals surface area contributed by atoms with Crippen molar-refractivity contribution in [2.45, 2.75) is 33.6 Å². The fourth-order valence-corrected chi connectivity index (χ4v) is 2.10. The molecule has 1 unspecified atom stereocenters. The van der Waals surface area contributed by atoms with Gasteiger partial charge in [0.05, 0.1) is 5.92 Å². The molecule has 0 bridgehead atoms. The van der Waals surface area contributed by atoms with Crippen molar-refractivity contribution in [2.75, 3.05) is 6.54 Å². The van der Waals surface area contributed by atoms with E-state index in [1.807, 2.05) is 6.92 Å². The number of nitrogens with one attached hydrogen (secondary N) is 2. The molecule has 3 N–H and O–H groups in total. The highest BCUT2D eigenvalue weighted by Crippen LogP contribution is 2.07. The normalized spacial score (nSPS) is 11.9. The van der Waals surface area contributed by atoms with Crippen molar-refractivity contribution in [1.29, 1.82) is 0 Å². The third-order valence-corrected chi connectivity index (χ3v) is 3.09. The first-order valence-corrected chi connectivity index (χ1v) is 6.58. The fraction of sp³-hybridized carbons (Fsp3) is 0.500. The summed E-state index contributed by atoms with van der Waals surface area (Å²) in [4.78, 5) is 37.3. The Morgan fingerprint density at radius 3 is 2.55 bits per heavy atom. The lowest BCUT2D eigenvalue weighted by Crippen LogP contribution is -2.36. The van der Waals surface area contributed by atoms with Gasteiger partial charge in [-0.1, -0.05) is 13.3 Å². The number of rotatable bonds is 6. The highest BCUT2D eigenvalue weighted by Gasteiger charge is 2.19. The van der Waals surface area contributed by atoms with E-state index in [2.05, 4.69) is 10.3 Å². The molecule has 1 amide bonds. The zero-order valence-electron chi connectivity index (χ0n) is 11.9. The molecule has 1 aromatic heterocycles. The van der Waals surface area contributed by atoms with Gasteiger partial charge in [-0.3, -0.25) is 14.4 Å². The van der Waals surface area contributed by atoms with E-state index in [0.29, 0.717) is 17.7 Å². The molecule has 6 heteroatoms. The number of carbonyl (C=O) groups is 2. The number of H-pyrrole nitrogens is 1. The zero-order valence-corrected chi connectivity index (χ0v) is 11.9. The molecule has 6 nitrogen and oxygen atoms in total. The van der Waals surface area contributed by atoms with Crippen LogP contribution in [-0.2, 0) is 4.79 Å². The second-order valence-corrected chi connectivity index (χ2v) is 4.87. The van der Waals surface area contributed by atoms with Crippen LogP contribution >= 0.6 is 0 Å². The fourth-order valence-electron chi connectivity index (χ4n) is 2.10. The minimum atomic E-state index is -0.943. The van der Waals surface area contributed by atoms with Crippen LogP contribution in [0.2, 0.25) is 0 Å². The lowest BCUT2D eigenvalue weighted by molar-refractivity contribution is -0.141. The predicted octanol–water partition coefficient (Wildman–Crippen LogP) is 1.22. The number of aryl methyl sites for hydroxylation is 2. The van der Waals surface area contributed by atoms with Crippen molar-refractivity contribution < 1.29 is 14.7 Å². The summed E-state index contributed by atoms with van der Waals surface area (Å²) in [6.07, 6.45) is 1.20. The first kappa shape index (κ1) is 15.9. The number of aromatic amines is 1. The summed E-state index contributed by atoms with van der Waals surface area (Å²) >= 11 is 0. The summed E-state index contributed by atoms with van der Waals surface area (Å²) in [6, 6.07) is 1.71. The molecule has 20 heavy (non-hydrogen) atoms. The van der Waals surface area contributed by atoms with Gasteiger partial charge in [-0.25, -0.2) is 0 Å². The van der Waals surface area contributed by atoms with E-state index < -0.39 is 23.4 Å². The number of amides is 1. The molecule has 0 aliphatic carbocycles. The molecule has 0 saturated heterocycles. The summed E-state index contributed by atoms with van der Waals surface area (Å²) in [5.41, 5.74) is 0.836. The van der Waals surface area contributed by atoms with E-state index >= 15 is 0 Å². The minimum Gasteiger partial charge on any atom is -0.481 e. The molecule has 0 saturated carbocycles. The molecule has 1 atom stereocenters. The average Bonchev–Trinajstić information content (AvgIpc) is 2.32. The van der Waals surface area contributed by atoms with E-state index in [1.165, 1.54) is 0 Å². The first-order valence-electron chi connectivity index (χ1n) is 6.58. The van der Waals surface area contributed by atoms with Crippen molar-refractivity contribution in [3.8, 4) is 0 Å². The van der Waals surface area contributed by atoms with Crippen LogP contribution in [0.3, 0.4) is 0 Å². The number of carboxylic acids is 1. The molecule has 0 radical (unpaired) electrons. The number of carboxylic acid groups (broad SMARTS) is 1. The van der Waals surface area contributed by atoms with Crippen LogP contribution in [0.4, 0.5) is 0 Å². The Labute approximate surface area is 117 Å². The third kappa shape index (κ3) is 3.94. The SMILES string of the molecule is CCCC(CNC(=O)c1c(C)cc(C)[nH]c1=O)C(=O)O. The van der Waals surface area contributed by atoms with Gasteiger partial charge < -0.3 is 15.4 Å². The molecule has 0 spiro atoms. The van der Waals surface area contributed by atoms with Crippen LogP contribution in [0, 0.1) is 19.8 Å². The molecule has 0 aliphatic rings. The highest BCUT2D eigenvalue weighted by atomic mass is 16.4. The Kier molecular flexibility index (Phi) is 5.49. The second-order valence-electron chi connectivity index (χ2n) is 4.87. The number of carbonyl (C=O) groups excluding carboxylic acids is 1. The van der Waals surface area contributed by atoms with Crippen LogP contribution in [0.25, 0.3) is 0 Å². The Balaban J connectivity index is 2.82. The lowest BCUT2D eigenvalue weighted by atomic mass is 10.0. The third-order valence-electron chi connectivity index (χ3n) is 3.09. The standard InChI is InChI=1S/C14H20N2O4/c1-4-5-10(14(19)20)7-15-12(17)11-8(2)6-9(3)16-13(11)18/h6,10H,4-5,7H2,1-3H3,(H,15,17)(H,16,18)(H,19,20). The second kappa shape index (κ2) is 6.88. The topological polar surface area (TPSA) is 99.3 Å². The molecule has 1 heterocycles. The Bertz CT molecular complexity index is 563. The van der Waals surface area contributed by atoms with Crippen LogP contribution in [0.15, 0.2) is 10.9 Å². The van der Waals surface area contributed by atoms with Crippen LogP contribution < -0.4 is 10.9 Å². The van der Waals surface area contributed by atoms with E-state index in [9.17, 15) is 14.4 Å². The summed E-state index contributed by atoms with van der Waals surface area (Å²) in [6.45, 7) is 5.32. The van der Waals surface area contributed by atoms with E-state index in [0.717, 1.165) is 6.42 Å². The lowest BCUT2D eigenvalue weighted by Gasteiger charge is -2.13. The van der Waals surface area contributed by atoms with E-state index in [1.54, 1.807) is 19.9 Å². The molecular formula is C14H20N2O4. The summed E-state index contributed by atoms with van der Waals surface area (Å²) in [7, 11) is 0. The van der Waals surface area contributed by atoms with Crippen molar-refractivity contribution in [3.05, 3.63) is 33.2 Å². The van der Waals surface area contributed by atoms with Gasteiger partial charge in [0.2, 0.25) is 0 Å². The van der Waals surface area contributed by atoms with Gasteiger partial charge in [-0.2, -0.15) is 0 Å². The molecule has 0 fully saturated rings. The average molecular weight is 280 g/mol. The Morgan fingerprint density at radius 2 is 2.05 bits per heavy atom. The number of hydrogen-bond donors (Lipinski definition) is 3. The monoisotopic (exact) mass is 280 g/mol. The van der Waals surface area contributed by atoms with Gasteiger partial charge in [0, 0.05) is 12.2 Å². The number of aliphatic carboxylic acids is 1. The molecule has 0 aromatic carbocycles. The van der Waals surface area contributed by atoms with Gasteiger partial charge in [0.25, 0.3) is 11.5 Å². The van der Waals surface area contributed by atoms with Gasteiger partial charge in [-0.05, 0) is 31.9 Å². The number of pyridine rings is 1. The quantitative estimate of drug-likeness (QED) is 0.729. The van der Waals surface area contributed by atoms with Crippen molar-refractivity contribution in [2.24, 2.45) is 5.92 Å². The van der Waals surface area contributed by atoms with Gasteiger partial charge in [0.1, 0.15) is 5.56 Å². The van der Waals surface area contributed by atoms with E-state index in [4.69, 9.17) is 5.11 Å². The molecule has 0 aliphatic heterocycles. The molecular weight excluding hydrogens is 260 g/mol. The zero-order chi connectivity index (χ0) is 15.3. The first-order chi connectivity index (χ1) is 9.36. The maximum absolute atomic E-state index is 12.0.